The molecule has 0 aromatic carbocycles. The standard InChI is InChI=1S/C9H9BrO3S/c1-13-9(12)3-2-7(11)8-4-6(10)5-14-8/h4-5H,2-3H2,1H3. The molecule has 0 saturated carbocycles. The van der Waals surface area contributed by atoms with Crippen molar-refractivity contribution in [2.45, 2.75) is 12.8 Å². The number of thiophene rings is 1. The minimum atomic E-state index is -0.353. The fourth-order valence-electron chi connectivity index (χ4n) is 0.900. The van der Waals surface area contributed by atoms with Crippen molar-refractivity contribution in [3.8, 4) is 0 Å². The van der Waals surface area contributed by atoms with E-state index in [1.54, 1.807) is 6.07 Å². The molecule has 1 rings (SSSR count). The van der Waals surface area contributed by atoms with E-state index in [1.807, 2.05) is 5.38 Å². The number of hydrogen-bond donors (Lipinski definition) is 0. The van der Waals surface area contributed by atoms with Crippen LogP contribution in [0.1, 0.15) is 22.5 Å². The Morgan fingerprint density at radius 1 is 1.50 bits per heavy atom. The SMILES string of the molecule is COC(=O)CCC(=O)c1cc(Br)cs1. The fraction of sp³-hybridized carbons (Fsp3) is 0.333. The first-order valence-electron chi connectivity index (χ1n) is 3.97. The summed E-state index contributed by atoms with van der Waals surface area (Å²) < 4.78 is 5.34. The average Bonchev–Trinajstić information content (AvgIpc) is 2.60. The smallest absolute Gasteiger partial charge is 0.305 e. The van der Waals surface area contributed by atoms with Gasteiger partial charge in [-0.1, -0.05) is 0 Å². The molecular formula is C9H9BrO3S. The van der Waals surface area contributed by atoms with Crippen LogP contribution in [0.4, 0.5) is 0 Å². The van der Waals surface area contributed by atoms with Crippen LogP contribution in [-0.2, 0) is 9.53 Å². The van der Waals surface area contributed by atoms with Gasteiger partial charge in [-0.05, 0) is 22.0 Å². The third-order valence-electron chi connectivity index (χ3n) is 1.63. The maximum atomic E-state index is 11.5. The zero-order valence-corrected chi connectivity index (χ0v) is 9.98. The van der Waals surface area contributed by atoms with E-state index in [0.717, 1.165) is 4.47 Å². The van der Waals surface area contributed by atoms with E-state index in [0.29, 0.717) is 4.88 Å². The summed E-state index contributed by atoms with van der Waals surface area (Å²) >= 11 is 4.63. The number of ether oxygens (including phenoxy) is 1. The predicted molar refractivity (Wildman–Crippen MR) is 57.6 cm³/mol. The summed E-state index contributed by atoms with van der Waals surface area (Å²) in [4.78, 5) is 22.9. The van der Waals surface area contributed by atoms with Gasteiger partial charge in [0.2, 0.25) is 0 Å². The molecule has 0 fully saturated rings. The van der Waals surface area contributed by atoms with Crippen molar-refractivity contribution < 1.29 is 14.3 Å². The van der Waals surface area contributed by atoms with Crippen LogP contribution in [0.25, 0.3) is 0 Å². The van der Waals surface area contributed by atoms with Gasteiger partial charge in [0.05, 0.1) is 18.4 Å². The first-order valence-corrected chi connectivity index (χ1v) is 5.65. The summed E-state index contributed by atoms with van der Waals surface area (Å²) in [6.45, 7) is 0. The van der Waals surface area contributed by atoms with Gasteiger partial charge in [-0.25, -0.2) is 0 Å². The number of ketones is 1. The Kier molecular flexibility index (Phi) is 4.28. The second-order valence-corrected chi connectivity index (χ2v) is 4.46. The molecule has 76 valence electrons. The molecule has 0 N–H and O–H groups in total. The van der Waals surface area contributed by atoms with Gasteiger partial charge in [0, 0.05) is 16.3 Å². The van der Waals surface area contributed by atoms with E-state index in [-0.39, 0.29) is 24.6 Å². The highest BCUT2D eigenvalue weighted by atomic mass is 79.9. The zero-order chi connectivity index (χ0) is 10.6. The number of rotatable bonds is 4. The summed E-state index contributed by atoms with van der Waals surface area (Å²) in [5.74, 6) is -0.375. The van der Waals surface area contributed by atoms with Crippen LogP contribution in [0.15, 0.2) is 15.9 Å². The molecule has 0 aliphatic rings. The van der Waals surface area contributed by atoms with Crippen LogP contribution in [-0.4, -0.2) is 18.9 Å². The molecule has 3 nitrogen and oxygen atoms in total. The number of hydrogen-bond acceptors (Lipinski definition) is 4. The van der Waals surface area contributed by atoms with Crippen LogP contribution < -0.4 is 0 Å². The lowest BCUT2D eigenvalue weighted by molar-refractivity contribution is -0.140. The quantitative estimate of drug-likeness (QED) is 0.627. The van der Waals surface area contributed by atoms with Gasteiger partial charge in [0.1, 0.15) is 0 Å². The molecule has 0 amide bonds. The minimum absolute atomic E-state index is 0.0221. The van der Waals surface area contributed by atoms with Crippen molar-refractivity contribution >= 4 is 39.0 Å². The third kappa shape index (κ3) is 3.23. The lowest BCUT2D eigenvalue weighted by atomic mass is 10.2. The molecule has 1 aromatic rings. The molecule has 5 heteroatoms. The van der Waals surface area contributed by atoms with Gasteiger partial charge in [0.15, 0.2) is 5.78 Å². The molecule has 0 bridgehead atoms. The highest BCUT2D eigenvalue weighted by molar-refractivity contribution is 9.10. The molecule has 0 radical (unpaired) electrons. The molecule has 0 atom stereocenters. The van der Waals surface area contributed by atoms with Crippen LogP contribution in [0.5, 0.6) is 0 Å². The Hall–Kier alpha value is -0.680. The molecule has 0 aliphatic heterocycles. The lowest BCUT2D eigenvalue weighted by Crippen LogP contribution is -2.04. The van der Waals surface area contributed by atoms with Gasteiger partial charge in [-0.3, -0.25) is 9.59 Å². The summed E-state index contributed by atoms with van der Waals surface area (Å²) in [7, 11) is 1.31. The Balaban J connectivity index is 2.47. The van der Waals surface area contributed by atoms with Crippen molar-refractivity contribution in [3.05, 3.63) is 20.8 Å². The second-order valence-electron chi connectivity index (χ2n) is 2.63. The van der Waals surface area contributed by atoms with E-state index in [9.17, 15) is 9.59 Å². The maximum Gasteiger partial charge on any atom is 0.305 e. The van der Waals surface area contributed by atoms with Gasteiger partial charge in [-0.2, -0.15) is 0 Å². The minimum Gasteiger partial charge on any atom is -0.469 e. The molecule has 0 spiro atoms. The summed E-state index contributed by atoms with van der Waals surface area (Å²) in [5.41, 5.74) is 0. The Morgan fingerprint density at radius 3 is 2.71 bits per heavy atom. The van der Waals surface area contributed by atoms with Crippen LogP contribution in [0, 0.1) is 0 Å². The molecule has 0 saturated heterocycles. The van der Waals surface area contributed by atoms with E-state index in [4.69, 9.17) is 0 Å². The van der Waals surface area contributed by atoms with Gasteiger partial charge < -0.3 is 4.74 Å². The maximum absolute atomic E-state index is 11.5. The fourth-order valence-corrected chi connectivity index (χ4v) is 2.30. The van der Waals surface area contributed by atoms with E-state index < -0.39 is 0 Å². The highest BCUT2D eigenvalue weighted by Gasteiger charge is 2.10. The molecule has 0 aliphatic carbocycles. The largest absolute Gasteiger partial charge is 0.469 e. The van der Waals surface area contributed by atoms with Gasteiger partial charge in [0.25, 0.3) is 0 Å². The Bertz CT molecular complexity index is 346. The van der Waals surface area contributed by atoms with E-state index in [2.05, 4.69) is 20.7 Å². The van der Waals surface area contributed by atoms with Crippen LogP contribution in [0.3, 0.4) is 0 Å². The monoisotopic (exact) mass is 276 g/mol. The summed E-state index contributed by atoms with van der Waals surface area (Å²) in [5, 5.41) is 1.84. The molecule has 0 unspecified atom stereocenters. The molecule has 1 heterocycles. The summed E-state index contributed by atoms with van der Waals surface area (Å²) in [6.07, 6.45) is 0.352. The number of Topliss-reactive ketones (excluding diaryl/α,β-unsaturated/α-hetero) is 1. The van der Waals surface area contributed by atoms with E-state index in [1.165, 1.54) is 18.4 Å². The first-order chi connectivity index (χ1) is 6.63. The topological polar surface area (TPSA) is 43.4 Å². The predicted octanol–water partition coefficient (Wildman–Crippen LogP) is 2.65. The van der Waals surface area contributed by atoms with Crippen LogP contribution >= 0.6 is 27.3 Å². The molecule has 14 heavy (non-hydrogen) atoms. The number of carbonyl (C=O) groups excluding carboxylic acids is 2. The van der Waals surface area contributed by atoms with Crippen LogP contribution in [0.2, 0.25) is 0 Å². The third-order valence-corrected chi connectivity index (χ3v) is 3.36. The second kappa shape index (κ2) is 5.26. The normalized spacial score (nSPS) is 9.86. The number of halogens is 1. The van der Waals surface area contributed by atoms with Gasteiger partial charge >= 0.3 is 5.97 Å². The lowest BCUT2D eigenvalue weighted by Gasteiger charge is -1.96. The first kappa shape index (κ1) is 11.4. The van der Waals surface area contributed by atoms with Crippen molar-refractivity contribution in [2.24, 2.45) is 0 Å². The van der Waals surface area contributed by atoms with Crippen molar-refractivity contribution in [1.82, 2.24) is 0 Å². The summed E-state index contributed by atoms with van der Waals surface area (Å²) in [6, 6.07) is 1.75. The Morgan fingerprint density at radius 2 is 2.21 bits per heavy atom. The molecular weight excluding hydrogens is 268 g/mol. The van der Waals surface area contributed by atoms with Gasteiger partial charge in [-0.15, -0.1) is 11.3 Å². The zero-order valence-electron chi connectivity index (χ0n) is 7.58. The molecule has 1 aromatic heterocycles. The Labute approximate surface area is 94.2 Å². The van der Waals surface area contributed by atoms with Crippen molar-refractivity contribution in [2.75, 3.05) is 7.11 Å². The highest BCUT2D eigenvalue weighted by Crippen LogP contribution is 2.21. The average molecular weight is 277 g/mol. The van der Waals surface area contributed by atoms with Crippen molar-refractivity contribution in [1.29, 1.82) is 0 Å². The number of esters is 1. The number of carbonyl (C=O) groups is 2. The van der Waals surface area contributed by atoms with Crippen molar-refractivity contribution in [3.63, 3.8) is 0 Å². The number of methoxy groups -OCH3 is 1. The van der Waals surface area contributed by atoms with E-state index >= 15 is 0 Å².